The van der Waals surface area contributed by atoms with Gasteiger partial charge in [-0.3, -0.25) is 4.40 Å². The Hall–Kier alpha value is -0.870. The first kappa shape index (κ1) is 15.5. The number of fused-ring (bicyclic) bond motifs is 1. The number of guanidine groups is 1. The molecule has 2 aromatic heterocycles. The molecule has 0 saturated carbocycles. The second kappa shape index (κ2) is 6.72. The fraction of sp³-hybridized carbons (Fsp3) is 0.500. The number of imidazole rings is 1. The van der Waals surface area contributed by atoms with E-state index in [-0.39, 0.29) is 30.1 Å². The third kappa shape index (κ3) is 3.41. The van der Waals surface area contributed by atoms with Crippen LogP contribution in [0.5, 0.6) is 0 Å². The minimum atomic E-state index is 0. The van der Waals surface area contributed by atoms with E-state index in [2.05, 4.69) is 14.9 Å². The number of hydrogen-bond acceptors (Lipinski definition) is 4. The molecule has 8 heteroatoms. The molecule has 1 aliphatic heterocycles. The SMILES string of the molecule is CC1CN(C(N)=NCc2cn3ccsc3n2)CCO1.I. The summed E-state index contributed by atoms with van der Waals surface area (Å²) in [6.07, 6.45) is 4.19. The van der Waals surface area contributed by atoms with Crippen LogP contribution in [-0.4, -0.2) is 46.0 Å². The van der Waals surface area contributed by atoms with Gasteiger partial charge in [-0.15, -0.1) is 35.3 Å². The second-order valence-corrected chi connectivity index (χ2v) is 5.50. The zero-order valence-electron chi connectivity index (χ0n) is 11.2. The number of aromatic nitrogens is 2. The molecule has 20 heavy (non-hydrogen) atoms. The minimum Gasteiger partial charge on any atom is -0.375 e. The third-order valence-corrected chi connectivity index (χ3v) is 3.88. The summed E-state index contributed by atoms with van der Waals surface area (Å²) in [6, 6.07) is 0. The van der Waals surface area contributed by atoms with Crippen molar-refractivity contribution in [3.8, 4) is 0 Å². The van der Waals surface area contributed by atoms with Gasteiger partial charge in [-0.05, 0) is 6.92 Å². The van der Waals surface area contributed by atoms with Crippen molar-refractivity contribution in [3.63, 3.8) is 0 Å². The Labute approximate surface area is 138 Å². The van der Waals surface area contributed by atoms with Crippen LogP contribution in [0.1, 0.15) is 12.6 Å². The zero-order chi connectivity index (χ0) is 13.2. The van der Waals surface area contributed by atoms with E-state index >= 15 is 0 Å². The van der Waals surface area contributed by atoms with Gasteiger partial charge in [0.15, 0.2) is 10.9 Å². The van der Waals surface area contributed by atoms with Gasteiger partial charge in [0.2, 0.25) is 0 Å². The molecule has 2 N–H and O–H groups in total. The van der Waals surface area contributed by atoms with E-state index in [0.29, 0.717) is 19.1 Å². The van der Waals surface area contributed by atoms with Gasteiger partial charge in [0, 0.05) is 30.9 Å². The summed E-state index contributed by atoms with van der Waals surface area (Å²) in [5, 5.41) is 2.01. The Morgan fingerprint density at radius 1 is 1.65 bits per heavy atom. The Balaban J connectivity index is 0.00000147. The Morgan fingerprint density at radius 3 is 3.25 bits per heavy atom. The van der Waals surface area contributed by atoms with Crippen LogP contribution in [0.25, 0.3) is 4.96 Å². The monoisotopic (exact) mass is 407 g/mol. The highest BCUT2D eigenvalue weighted by molar-refractivity contribution is 14.0. The Kier molecular flexibility index (Phi) is 5.22. The van der Waals surface area contributed by atoms with Gasteiger partial charge in [0.1, 0.15) is 0 Å². The van der Waals surface area contributed by atoms with Gasteiger partial charge in [0.05, 0.1) is 24.9 Å². The molecule has 0 aliphatic carbocycles. The predicted octanol–water partition coefficient (Wildman–Crippen LogP) is 1.55. The number of nitrogens with two attached hydrogens (primary N) is 1. The van der Waals surface area contributed by atoms with Gasteiger partial charge < -0.3 is 15.4 Å². The smallest absolute Gasteiger partial charge is 0.193 e. The van der Waals surface area contributed by atoms with Crippen molar-refractivity contribution in [2.75, 3.05) is 19.7 Å². The zero-order valence-corrected chi connectivity index (χ0v) is 14.4. The van der Waals surface area contributed by atoms with Crippen LogP contribution in [0.15, 0.2) is 22.8 Å². The Bertz CT molecular complexity index is 567. The van der Waals surface area contributed by atoms with Gasteiger partial charge >= 0.3 is 0 Å². The lowest BCUT2D eigenvalue weighted by molar-refractivity contribution is 0.00528. The van der Waals surface area contributed by atoms with E-state index in [1.54, 1.807) is 11.3 Å². The summed E-state index contributed by atoms with van der Waals surface area (Å²) in [4.78, 5) is 12.0. The van der Waals surface area contributed by atoms with Gasteiger partial charge in [-0.25, -0.2) is 9.98 Å². The average Bonchev–Trinajstić information content (AvgIpc) is 2.96. The maximum atomic E-state index is 6.02. The highest BCUT2D eigenvalue weighted by Crippen LogP contribution is 2.12. The number of halogens is 1. The largest absolute Gasteiger partial charge is 0.375 e. The maximum absolute atomic E-state index is 6.02. The number of ether oxygens (including phenoxy) is 1. The molecule has 2 aromatic rings. The van der Waals surface area contributed by atoms with Crippen LogP contribution < -0.4 is 5.73 Å². The highest BCUT2D eigenvalue weighted by Gasteiger charge is 2.17. The van der Waals surface area contributed by atoms with E-state index in [9.17, 15) is 0 Å². The molecule has 6 nitrogen and oxygen atoms in total. The molecule has 0 spiro atoms. The van der Waals surface area contributed by atoms with Crippen molar-refractivity contribution in [1.82, 2.24) is 14.3 Å². The minimum absolute atomic E-state index is 0. The summed E-state index contributed by atoms with van der Waals surface area (Å²) in [7, 11) is 0. The molecule has 0 aromatic carbocycles. The summed E-state index contributed by atoms with van der Waals surface area (Å²) in [5.74, 6) is 0.575. The van der Waals surface area contributed by atoms with Crippen LogP contribution in [0.4, 0.5) is 0 Å². The summed E-state index contributed by atoms with van der Waals surface area (Å²) < 4.78 is 7.49. The topological polar surface area (TPSA) is 68.2 Å². The fourth-order valence-electron chi connectivity index (χ4n) is 2.14. The molecule has 1 saturated heterocycles. The Morgan fingerprint density at radius 2 is 2.50 bits per heavy atom. The molecule has 3 rings (SSSR count). The van der Waals surface area contributed by atoms with Crippen molar-refractivity contribution >= 4 is 46.2 Å². The molecule has 1 fully saturated rings. The lowest BCUT2D eigenvalue weighted by Gasteiger charge is -2.31. The third-order valence-electron chi connectivity index (χ3n) is 3.11. The summed E-state index contributed by atoms with van der Waals surface area (Å²) in [6.45, 7) is 4.87. The number of morpholine rings is 1. The molecule has 1 atom stereocenters. The number of nitrogens with zero attached hydrogens (tertiary/aromatic N) is 4. The molecule has 3 heterocycles. The van der Waals surface area contributed by atoms with Crippen molar-refractivity contribution in [3.05, 3.63) is 23.5 Å². The fourth-order valence-corrected chi connectivity index (χ4v) is 2.86. The molecule has 0 radical (unpaired) electrons. The molecule has 110 valence electrons. The van der Waals surface area contributed by atoms with Crippen molar-refractivity contribution < 1.29 is 4.74 Å². The molecule has 0 bridgehead atoms. The van der Waals surface area contributed by atoms with E-state index < -0.39 is 0 Å². The first-order valence-corrected chi connectivity index (χ1v) is 7.18. The quantitative estimate of drug-likeness (QED) is 0.466. The number of aliphatic imine (C=N–C) groups is 1. The molecule has 1 aliphatic rings. The van der Waals surface area contributed by atoms with Gasteiger partial charge in [0.25, 0.3) is 0 Å². The summed E-state index contributed by atoms with van der Waals surface area (Å²) >= 11 is 1.62. The van der Waals surface area contributed by atoms with Crippen LogP contribution >= 0.6 is 35.3 Å². The van der Waals surface area contributed by atoms with Gasteiger partial charge in [-0.1, -0.05) is 0 Å². The lowest BCUT2D eigenvalue weighted by Crippen LogP contribution is -2.47. The number of hydrogen-bond donors (Lipinski definition) is 1. The lowest BCUT2D eigenvalue weighted by atomic mass is 10.3. The maximum Gasteiger partial charge on any atom is 0.193 e. The predicted molar refractivity (Wildman–Crippen MR) is 90.8 cm³/mol. The standard InChI is InChI=1S/C12H17N5OS.HI/c1-9-7-16(2-4-18-9)11(13)14-6-10-8-17-3-5-19-12(17)15-10;/h3,5,8-9H,2,4,6-7H2,1H3,(H2,13,14);1H. The molecule has 1 unspecified atom stereocenters. The van der Waals surface area contributed by atoms with Crippen molar-refractivity contribution in [2.24, 2.45) is 10.7 Å². The van der Waals surface area contributed by atoms with E-state index in [1.165, 1.54) is 0 Å². The van der Waals surface area contributed by atoms with Crippen LogP contribution in [0, 0.1) is 0 Å². The first-order chi connectivity index (χ1) is 9.22. The van der Waals surface area contributed by atoms with E-state index in [4.69, 9.17) is 10.5 Å². The van der Waals surface area contributed by atoms with Crippen molar-refractivity contribution in [2.45, 2.75) is 19.6 Å². The summed E-state index contributed by atoms with van der Waals surface area (Å²) in [5.41, 5.74) is 6.96. The first-order valence-electron chi connectivity index (χ1n) is 6.30. The molecule has 0 amide bonds. The van der Waals surface area contributed by atoms with Crippen molar-refractivity contribution in [1.29, 1.82) is 0 Å². The van der Waals surface area contributed by atoms with Crippen LogP contribution in [0.2, 0.25) is 0 Å². The van der Waals surface area contributed by atoms with Crippen LogP contribution in [-0.2, 0) is 11.3 Å². The number of thiazole rings is 1. The van der Waals surface area contributed by atoms with E-state index in [0.717, 1.165) is 23.7 Å². The molecular weight excluding hydrogens is 389 g/mol. The molecular formula is C12H18IN5OS. The van der Waals surface area contributed by atoms with Crippen LogP contribution in [0.3, 0.4) is 0 Å². The normalized spacial score (nSPS) is 20.1. The highest BCUT2D eigenvalue weighted by atomic mass is 127. The van der Waals surface area contributed by atoms with E-state index in [1.807, 2.05) is 29.1 Å². The number of rotatable bonds is 2. The van der Waals surface area contributed by atoms with Gasteiger partial charge in [-0.2, -0.15) is 0 Å². The average molecular weight is 407 g/mol. The second-order valence-electron chi connectivity index (χ2n) is 4.63.